The smallest absolute Gasteiger partial charge is 0.263 e. The third-order valence-corrected chi connectivity index (χ3v) is 2.39. The van der Waals surface area contributed by atoms with Crippen LogP contribution in [0.3, 0.4) is 0 Å². The van der Waals surface area contributed by atoms with Gasteiger partial charge in [-0.2, -0.15) is 5.10 Å². The number of carbonyl (C=O) groups excluding carboxylic acids is 1. The number of nitrogens with zero attached hydrogens (tertiary/aromatic N) is 2. The Morgan fingerprint density at radius 2 is 2.11 bits per heavy atom. The molecule has 0 saturated heterocycles. The van der Waals surface area contributed by atoms with E-state index < -0.39 is 0 Å². The fourth-order valence-electron chi connectivity index (χ4n) is 1.50. The van der Waals surface area contributed by atoms with Crippen LogP contribution in [0.25, 0.3) is 0 Å². The molecule has 0 aliphatic rings. The van der Waals surface area contributed by atoms with Crippen LogP contribution in [-0.4, -0.2) is 22.7 Å². The van der Waals surface area contributed by atoms with E-state index in [1.54, 1.807) is 18.2 Å². The van der Waals surface area contributed by atoms with Crippen molar-refractivity contribution >= 4 is 11.7 Å². The Bertz CT molecular complexity index is 545. The lowest BCUT2D eigenvalue weighted by Crippen LogP contribution is -2.21. The zero-order chi connectivity index (χ0) is 13.5. The monoisotopic (exact) mass is 258 g/mol. The van der Waals surface area contributed by atoms with Gasteiger partial charge in [-0.25, -0.2) is 0 Å². The summed E-state index contributed by atoms with van der Waals surface area (Å²) in [6.07, 6.45) is 1.53. The Kier molecular flexibility index (Phi) is 4.41. The molecule has 3 N–H and O–H groups in total. The Hall–Kier alpha value is -2.47. The Balaban J connectivity index is 1.90. The molecule has 98 valence electrons. The highest BCUT2D eigenvalue weighted by Gasteiger charge is 2.06. The van der Waals surface area contributed by atoms with Gasteiger partial charge < -0.3 is 15.8 Å². The van der Waals surface area contributed by atoms with E-state index in [9.17, 15) is 4.79 Å². The third-order valence-electron chi connectivity index (χ3n) is 2.39. The van der Waals surface area contributed by atoms with Crippen LogP contribution in [0.2, 0.25) is 0 Å². The van der Waals surface area contributed by atoms with E-state index in [2.05, 4.69) is 15.5 Å². The first-order chi connectivity index (χ1) is 9.29. The van der Waals surface area contributed by atoms with Crippen LogP contribution in [0.5, 0.6) is 5.75 Å². The summed E-state index contributed by atoms with van der Waals surface area (Å²) in [5, 5.41) is 9.99. The van der Waals surface area contributed by atoms with Crippen LogP contribution >= 0.6 is 0 Å². The summed E-state index contributed by atoms with van der Waals surface area (Å²) in [5.74, 6) is 0.704. The molecule has 2 rings (SSSR count). The van der Waals surface area contributed by atoms with Crippen molar-refractivity contribution < 1.29 is 9.53 Å². The number of hydrogen-bond donors (Lipinski definition) is 2. The van der Waals surface area contributed by atoms with E-state index in [0.29, 0.717) is 18.1 Å². The number of aromatic nitrogens is 2. The molecule has 19 heavy (non-hydrogen) atoms. The summed E-state index contributed by atoms with van der Waals surface area (Å²) in [6.45, 7) is 0.259. The molecular weight excluding hydrogens is 244 g/mol. The van der Waals surface area contributed by atoms with Gasteiger partial charge in [0.2, 0.25) is 0 Å². The van der Waals surface area contributed by atoms with Crippen LogP contribution < -0.4 is 15.8 Å². The molecule has 2 aromatic rings. The first-order valence-electron chi connectivity index (χ1n) is 5.78. The average Bonchev–Trinajstić information content (AvgIpc) is 2.46. The third kappa shape index (κ3) is 3.75. The molecule has 0 unspecified atom stereocenters. The number of anilines is 1. The summed E-state index contributed by atoms with van der Waals surface area (Å²) in [5.41, 5.74) is 6.44. The normalized spacial score (nSPS) is 9.95. The topological polar surface area (TPSA) is 90.1 Å². The van der Waals surface area contributed by atoms with Gasteiger partial charge in [-0.3, -0.25) is 4.79 Å². The fourth-order valence-corrected chi connectivity index (χ4v) is 1.50. The molecule has 1 aromatic heterocycles. The predicted octanol–water partition coefficient (Wildman–Crippen LogP) is 0.953. The van der Waals surface area contributed by atoms with Crippen LogP contribution in [0.1, 0.15) is 5.56 Å². The van der Waals surface area contributed by atoms with Gasteiger partial charge in [0.1, 0.15) is 5.75 Å². The molecule has 0 saturated carbocycles. The van der Waals surface area contributed by atoms with Crippen molar-refractivity contribution in [1.29, 1.82) is 0 Å². The molecular formula is C13H14N4O2. The van der Waals surface area contributed by atoms with Gasteiger partial charge in [-0.05, 0) is 18.2 Å². The minimum absolute atomic E-state index is 0.104. The van der Waals surface area contributed by atoms with Gasteiger partial charge in [0.15, 0.2) is 12.4 Å². The second kappa shape index (κ2) is 6.46. The molecule has 0 aliphatic carbocycles. The molecule has 0 fully saturated rings. The first-order valence-corrected chi connectivity index (χ1v) is 5.78. The number of benzene rings is 1. The molecule has 1 heterocycles. The Labute approximate surface area is 110 Å². The zero-order valence-electron chi connectivity index (χ0n) is 10.2. The van der Waals surface area contributed by atoms with Crippen molar-refractivity contribution in [2.45, 2.75) is 6.54 Å². The fraction of sp³-hybridized carbons (Fsp3) is 0.154. The van der Waals surface area contributed by atoms with E-state index >= 15 is 0 Å². The maximum atomic E-state index is 11.7. The molecule has 6 nitrogen and oxygen atoms in total. The SMILES string of the molecule is NCc1ccccc1OCC(=O)Nc1cccnn1. The van der Waals surface area contributed by atoms with E-state index in [1.807, 2.05) is 18.2 Å². The highest BCUT2D eigenvalue weighted by Crippen LogP contribution is 2.16. The molecule has 0 atom stereocenters. The van der Waals surface area contributed by atoms with Crippen LogP contribution in [-0.2, 0) is 11.3 Å². The lowest BCUT2D eigenvalue weighted by atomic mass is 10.2. The number of rotatable bonds is 5. The number of amides is 1. The lowest BCUT2D eigenvalue weighted by molar-refractivity contribution is -0.118. The number of nitrogens with two attached hydrogens (primary N) is 1. The van der Waals surface area contributed by atoms with E-state index in [4.69, 9.17) is 10.5 Å². The minimum Gasteiger partial charge on any atom is -0.483 e. The summed E-state index contributed by atoms with van der Waals surface area (Å²) in [7, 11) is 0. The summed E-state index contributed by atoms with van der Waals surface area (Å²) < 4.78 is 5.42. The van der Waals surface area contributed by atoms with E-state index in [-0.39, 0.29) is 12.5 Å². The summed E-state index contributed by atoms with van der Waals surface area (Å²) >= 11 is 0. The molecule has 0 aliphatic heterocycles. The van der Waals surface area contributed by atoms with E-state index in [0.717, 1.165) is 5.56 Å². The number of carbonyl (C=O) groups is 1. The maximum absolute atomic E-state index is 11.7. The van der Waals surface area contributed by atoms with Crippen molar-refractivity contribution in [2.24, 2.45) is 5.73 Å². The number of ether oxygens (including phenoxy) is 1. The van der Waals surface area contributed by atoms with Crippen molar-refractivity contribution in [3.63, 3.8) is 0 Å². The second-order valence-electron chi connectivity index (χ2n) is 3.76. The molecule has 1 aromatic carbocycles. The highest BCUT2D eigenvalue weighted by atomic mass is 16.5. The molecule has 0 radical (unpaired) electrons. The predicted molar refractivity (Wildman–Crippen MR) is 70.5 cm³/mol. The quantitative estimate of drug-likeness (QED) is 0.833. The van der Waals surface area contributed by atoms with Crippen molar-refractivity contribution in [2.75, 3.05) is 11.9 Å². The summed E-state index contributed by atoms with van der Waals surface area (Å²) in [6, 6.07) is 10.7. The second-order valence-corrected chi connectivity index (χ2v) is 3.76. The number of para-hydroxylation sites is 1. The van der Waals surface area contributed by atoms with Crippen LogP contribution in [0, 0.1) is 0 Å². The molecule has 1 amide bonds. The Morgan fingerprint density at radius 3 is 2.84 bits per heavy atom. The summed E-state index contributed by atoms with van der Waals surface area (Å²) in [4.78, 5) is 11.7. The van der Waals surface area contributed by atoms with Crippen LogP contribution in [0.15, 0.2) is 42.6 Å². The number of hydrogen-bond acceptors (Lipinski definition) is 5. The Morgan fingerprint density at radius 1 is 1.26 bits per heavy atom. The van der Waals surface area contributed by atoms with E-state index in [1.165, 1.54) is 6.20 Å². The lowest BCUT2D eigenvalue weighted by Gasteiger charge is -2.09. The van der Waals surface area contributed by atoms with Gasteiger partial charge in [-0.1, -0.05) is 18.2 Å². The number of nitrogens with one attached hydrogen (secondary N) is 1. The zero-order valence-corrected chi connectivity index (χ0v) is 10.2. The molecule has 6 heteroatoms. The van der Waals surface area contributed by atoms with Gasteiger partial charge in [-0.15, -0.1) is 5.10 Å². The van der Waals surface area contributed by atoms with Crippen LogP contribution in [0.4, 0.5) is 5.82 Å². The minimum atomic E-state index is -0.299. The average molecular weight is 258 g/mol. The highest BCUT2D eigenvalue weighted by molar-refractivity contribution is 5.90. The first kappa shape index (κ1) is 13.0. The van der Waals surface area contributed by atoms with Gasteiger partial charge in [0, 0.05) is 18.3 Å². The van der Waals surface area contributed by atoms with Gasteiger partial charge in [0.25, 0.3) is 5.91 Å². The van der Waals surface area contributed by atoms with Gasteiger partial charge in [0.05, 0.1) is 0 Å². The largest absolute Gasteiger partial charge is 0.483 e. The standard InChI is InChI=1S/C13H14N4O2/c14-8-10-4-1-2-5-11(10)19-9-13(18)16-12-6-3-7-15-17-12/h1-7H,8-9,14H2,(H,16,17,18). The molecule has 0 bridgehead atoms. The maximum Gasteiger partial charge on any atom is 0.263 e. The van der Waals surface area contributed by atoms with Crippen molar-refractivity contribution in [3.8, 4) is 5.75 Å². The van der Waals surface area contributed by atoms with Crippen molar-refractivity contribution in [1.82, 2.24) is 10.2 Å². The van der Waals surface area contributed by atoms with Crippen molar-refractivity contribution in [3.05, 3.63) is 48.2 Å². The van der Waals surface area contributed by atoms with Gasteiger partial charge >= 0.3 is 0 Å². The molecule has 0 spiro atoms.